The number of nitrogens with zero attached hydrogens (tertiary/aromatic N) is 3. The first-order chi connectivity index (χ1) is 9.08. The van der Waals surface area contributed by atoms with Crippen molar-refractivity contribution in [2.45, 2.75) is 30.8 Å². The number of anilines is 1. The van der Waals surface area contributed by atoms with Gasteiger partial charge in [0, 0.05) is 11.4 Å². The van der Waals surface area contributed by atoms with Gasteiger partial charge in [0.15, 0.2) is 5.16 Å². The zero-order valence-corrected chi connectivity index (χ0v) is 12.6. The van der Waals surface area contributed by atoms with E-state index in [1.807, 2.05) is 6.92 Å². The molecule has 0 saturated carbocycles. The highest BCUT2D eigenvalue weighted by Crippen LogP contribution is 2.29. The van der Waals surface area contributed by atoms with Crippen LogP contribution in [0.1, 0.15) is 18.1 Å². The summed E-state index contributed by atoms with van der Waals surface area (Å²) < 4.78 is 0. The van der Waals surface area contributed by atoms with Gasteiger partial charge in [0.05, 0.1) is 0 Å². The SMILES string of the molecule is CCNc1nc(Cl)nc(Sc2ccc(C)cc2C)n1. The minimum atomic E-state index is 0.207. The molecule has 0 aliphatic rings. The van der Waals surface area contributed by atoms with Crippen LogP contribution in [-0.4, -0.2) is 21.5 Å². The minimum Gasteiger partial charge on any atom is -0.354 e. The van der Waals surface area contributed by atoms with Crippen molar-refractivity contribution in [2.75, 3.05) is 11.9 Å². The van der Waals surface area contributed by atoms with Crippen molar-refractivity contribution in [2.24, 2.45) is 0 Å². The molecule has 4 nitrogen and oxygen atoms in total. The number of hydrogen-bond donors (Lipinski definition) is 1. The van der Waals surface area contributed by atoms with Crippen LogP contribution in [0.4, 0.5) is 5.95 Å². The Morgan fingerprint density at radius 3 is 2.68 bits per heavy atom. The normalized spacial score (nSPS) is 10.5. The molecule has 1 aromatic heterocycles. The molecule has 0 bridgehead atoms. The second-order valence-electron chi connectivity index (χ2n) is 4.11. The van der Waals surface area contributed by atoms with Crippen LogP contribution in [0.2, 0.25) is 5.28 Å². The molecule has 2 rings (SSSR count). The average Bonchev–Trinajstić information content (AvgIpc) is 2.32. The fourth-order valence-corrected chi connectivity index (χ4v) is 2.65. The predicted molar refractivity (Wildman–Crippen MR) is 79.0 cm³/mol. The summed E-state index contributed by atoms with van der Waals surface area (Å²) in [6.07, 6.45) is 0. The van der Waals surface area contributed by atoms with E-state index in [9.17, 15) is 0 Å². The lowest BCUT2D eigenvalue weighted by atomic mass is 10.2. The Balaban J connectivity index is 2.27. The maximum absolute atomic E-state index is 5.90. The van der Waals surface area contributed by atoms with E-state index in [0.29, 0.717) is 11.1 Å². The van der Waals surface area contributed by atoms with Gasteiger partial charge < -0.3 is 5.32 Å². The van der Waals surface area contributed by atoms with E-state index >= 15 is 0 Å². The van der Waals surface area contributed by atoms with Crippen molar-refractivity contribution in [1.82, 2.24) is 15.0 Å². The van der Waals surface area contributed by atoms with Crippen molar-refractivity contribution >= 4 is 29.3 Å². The van der Waals surface area contributed by atoms with Crippen molar-refractivity contribution in [3.8, 4) is 0 Å². The third kappa shape index (κ3) is 3.81. The molecule has 6 heteroatoms. The minimum absolute atomic E-state index is 0.207. The molecule has 100 valence electrons. The molecule has 0 saturated heterocycles. The molecule has 0 fully saturated rings. The highest BCUT2D eigenvalue weighted by atomic mass is 35.5. The highest BCUT2D eigenvalue weighted by Gasteiger charge is 2.08. The molecule has 0 aliphatic heterocycles. The maximum Gasteiger partial charge on any atom is 0.228 e. The Morgan fingerprint density at radius 2 is 2.00 bits per heavy atom. The summed E-state index contributed by atoms with van der Waals surface area (Å²) in [6.45, 7) is 6.87. The molecule has 19 heavy (non-hydrogen) atoms. The van der Waals surface area contributed by atoms with Gasteiger partial charge in [-0.25, -0.2) is 0 Å². The molecule has 0 atom stereocenters. The van der Waals surface area contributed by atoms with Crippen LogP contribution in [0.25, 0.3) is 0 Å². The van der Waals surface area contributed by atoms with E-state index in [1.54, 1.807) is 0 Å². The Morgan fingerprint density at radius 1 is 1.21 bits per heavy atom. The Kier molecular flexibility index (Phi) is 4.61. The van der Waals surface area contributed by atoms with Gasteiger partial charge in [-0.05, 0) is 55.8 Å². The van der Waals surface area contributed by atoms with Gasteiger partial charge in [0.25, 0.3) is 0 Å². The standard InChI is InChI=1S/C13H15ClN4S/c1-4-15-12-16-11(14)17-13(18-12)19-10-6-5-8(2)7-9(10)3/h5-7H,4H2,1-3H3,(H,15,16,17,18). The summed E-state index contributed by atoms with van der Waals surface area (Å²) in [6, 6.07) is 6.28. The fourth-order valence-electron chi connectivity index (χ4n) is 1.63. The van der Waals surface area contributed by atoms with Gasteiger partial charge in [0.2, 0.25) is 11.2 Å². The molecule has 2 aromatic rings. The van der Waals surface area contributed by atoms with Gasteiger partial charge >= 0.3 is 0 Å². The lowest BCUT2D eigenvalue weighted by Crippen LogP contribution is -2.04. The second-order valence-corrected chi connectivity index (χ2v) is 5.46. The number of aryl methyl sites for hydroxylation is 2. The van der Waals surface area contributed by atoms with Crippen LogP contribution in [0, 0.1) is 13.8 Å². The third-order valence-corrected chi connectivity index (χ3v) is 3.67. The number of nitrogens with one attached hydrogen (secondary N) is 1. The van der Waals surface area contributed by atoms with Gasteiger partial charge in [-0.2, -0.15) is 15.0 Å². The molecule has 1 N–H and O–H groups in total. The maximum atomic E-state index is 5.90. The van der Waals surface area contributed by atoms with E-state index < -0.39 is 0 Å². The van der Waals surface area contributed by atoms with Crippen LogP contribution in [0.15, 0.2) is 28.3 Å². The van der Waals surface area contributed by atoms with E-state index in [-0.39, 0.29) is 5.28 Å². The van der Waals surface area contributed by atoms with Gasteiger partial charge in [0.1, 0.15) is 0 Å². The van der Waals surface area contributed by atoms with Crippen LogP contribution in [-0.2, 0) is 0 Å². The van der Waals surface area contributed by atoms with Gasteiger partial charge in [-0.3, -0.25) is 0 Å². The van der Waals surface area contributed by atoms with Crippen LogP contribution >= 0.6 is 23.4 Å². The smallest absolute Gasteiger partial charge is 0.228 e. The molecule has 0 spiro atoms. The van der Waals surface area contributed by atoms with Gasteiger partial charge in [-0.1, -0.05) is 17.7 Å². The summed E-state index contributed by atoms with van der Waals surface area (Å²) in [5, 5.41) is 3.84. The number of halogens is 1. The second kappa shape index (κ2) is 6.21. The molecule has 0 amide bonds. The van der Waals surface area contributed by atoms with E-state index in [4.69, 9.17) is 11.6 Å². The zero-order valence-electron chi connectivity index (χ0n) is 11.1. The lowest BCUT2D eigenvalue weighted by Gasteiger charge is -2.07. The van der Waals surface area contributed by atoms with Gasteiger partial charge in [-0.15, -0.1) is 0 Å². The summed E-state index contributed by atoms with van der Waals surface area (Å²) in [7, 11) is 0. The van der Waals surface area contributed by atoms with Crippen molar-refractivity contribution in [3.05, 3.63) is 34.6 Å². The van der Waals surface area contributed by atoms with E-state index in [0.717, 1.165) is 11.4 Å². The number of benzene rings is 1. The number of hydrogen-bond acceptors (Lipinski definition) is 5. The number of aromatic nitrogens is 3. The Bertz CT molecular complexity index is 589. The largest absolute Gasteiger partial charge is 0.354 e. The lowest BCUT2D eigenvalue weighted by molar-refractivity contribution is 0.898. The summed E-state index contributed by atoms with van der Waals surface area (Å²) in [4.78, 5) is 13.6. The summed E-state index contributed by atoms with van der Waals surface area (Å²) in [5.74, 6) is 0.509. The van der Waals surface area contributed by atoms with E-state index in [1.165, 1.54) is 22.9 Å². The first-order valence-corrected chi connectivity index (χ1v) is 7.18. The Hall–Kier alpha value is -1.33. The van der Waals surface area contributed by atoms with Crippen molar-refractivity contribution in [1.29, 1.82) is 0 Å². The van der Waals surface area contributed by atoms with E-state index in [2.05, 4.69) is 52.3 Å². The third-order valence-electron chi connectivity index (χ3n) is 2.45. The quantitative estimate of drug-likeness (QED) is 0.931. The summed E-state index contributed by atoms with van der Waals surface area (Å²) >= 11 is 7.39. The predicted octanol–water partition coefficient (Wildman–Crippen LogP) is 3.72. The molecular weight excluding hydrogens is 280 g/mol. The highest BCUT2D eigenvalue weighted by molar-refractivity contribution is 7.99. The average molecular weight is 295 g/mol. The van der Waals surface area contributed by atoms with Crippen molar-refractivity contribution in [3.63, 3.8) is 0 Å². The zero-order chi connectivity index (χ0) is 13.8. The van der Waals surface area contributed by atoms with Crippen LogP contribution in [0.5, 0.6) is 0 Å². The fraction of sp³-hybridized carbons (Fsp3) is 0.308. The molecule has 1 heterocycles. The molecule has 1 aromatic carbocycles. The summed E-state index contributed by atoms with van der Waals surface area (Å²) in [5.41, 5.74) is 2.44. The first-order valence-electron chi connectivity index (χ1n) is 5.99. The van der Waals surface area contributed by atoms with Crippen LogP contribution < -0.4 is 5.32 Å². The monoisotopic (exact) mass is 294 g/mol. The topological polar surface area (TPSA) is 50.7 Å². The van der Waals surface area contributed by atoms with Crippen molar-refractivity contribution < 1.29 is 0 Å². The Labute approximate surface area is 122 Å². The van der Waals surface area contributed by atoms with Crippen LogP contribution in [0.3, 0.4) is 0 Å². The molecule has 0 aliphatic carbocycles. The molecular formula is C13H15ClN4S. The molecule has 0 unspecified atom stereocenters. The molecule has 0 radical (unpaired) electrons. The number of rotatable bonds is 4. The first kappa shape index (κ1) is 14.1.